The molecule has 0 bridgehead atoms. The zero-order chi connectivity index (χ0) is 18.4. The van der Waals surface area contributed by atoms with Crippen molar-refractivity contribution in [3.05, 3.63) is 52.8 Å². The molecule has 1 aromatic carbocycles. The van der Waals surface area contributed by atoms with Gasteiger partial charge in [-0.05, 0) is 43.2 Å². The van der Waals surface area contributed by atoms with Gasteiger partial charge in [-0.15, -0.1) is 0 Å². The van der Waals surface area contributed by atoms with Gasteiger partial charge in [0.15, 0.2) is 11.5 Å². The number of rotatable bonds is 7. The summed E-state index contributed by atoms with van der Waals surface area (Å²) >= 11 is 0. The molecule has 7 nitrogen and oxygen atoms in total. The summed E-state index contributed by atoms with van der Waals surface area (Å²) in [6.45, 7) is 1.97. The number of hydrogen-bond donors (Lipinski definition) is 2. The summed E-state index contributed by atoms with van der Waals surface area (Å²) in [6.07, 6.45) is 0.609. The second-order valence-electron chi connectivity index (χ2n) is 5.33. The number of carbonyl (C=O) groups is 2. The van der Waals surface area contributed by atoms with Gasteiger partial charge in [-0.25, -0.2) is 9.78 Å². The molecule has 0 spiro atoms. The number of hydrogen-bond acceptors (Lipinski definition) is 5. The Hall–Kier alpha value is -3.09. The first kappa shape index (κ1) is 18.3. The molecule has 2 aromatic rings. The fourth-order valence-corrected chi connectivity index (χ4v) is 2.36. The van der Waals surface area contributed by atoms with E-state index in [1.807, 2.05) is 18.2 Å². The highest BCUT2D eigenvalue weighted by Gasteiger charge is 2.13. The molecule has 0 aliphatic heterocycles. The topological polar surface area (TPSA) is 97.8 Å². The first-order chi connectivity index (χ1) is 12.0. The lowest BCUT2D eigenvalue weighted by Gasteiger charge is -2.10. The second kappa shape index (κ2) is 8.14. The Labute approximate surface area is 145 Å². The van der Waals surface area contributed by atoms with Gasteiger partial charge in [-0.2, -0.15) is 0 Å². The van der Waals surface area contributed by atoms with Crippen LogP contribution in [-0.2, 0) is 6.42 Å². The van der Waals surface area contributed by atoms with Gasteiger partial charge in [0.2, 0.25) is 0 Å². The van der Waals surface area contributed by atoms with Crippen LogP contribution in [0, 0.1) is 6.92 Å². The van der Waals surface area contributed by atoms with Gasteiger partial charge in [-0.3, -0.25) is 4.79 Å². The number of aromatic nitrogens is 1. The van der Waals surface area contributed by atoms with E-state index in [0.29, 0.717) is 30.2 Å². The Bertz CT molecular complexity index is 789. The lowest BCUT2D eigenvalue weighted by molar-refractivity contribution is 0.0694. The third-order valence-corrected chi connectivity index (χ3v) is 3.70. The zero-order valence-electron chi connectivity index (χ0n) is 14.3. The highest BCUT2D eigenvalue weighted by Crippen LogP contribution is 2.27. The molecular formula is C18H20N2O5. The van der Waals surface area contributed by atoms with Gasteiger partial charge in [0.1, 0.15) is 5.69 Å². The number of nitrogens with one attached hydrogen (secondary N) is 1. The van der Waals surface area contributed by atoms with Gasteiger partial charge >= 0.3 is 5.97 Å². The lowest BCUT2D eigenvalue weighted by Crippen LogP contribution is -2.27. The monoisotopic (exact) mass is 344 g/mol. The number of carboxylic acids is 1. The van der Waals surface area contributed by atoms with E-state index in [1.54, 1.807) is 21.1 Å². The van der Waals surface area contributed by atoms with Crippen molar-refractivity contribution in [2.45, 2.75) is 13.3 Å². The van der Waals surface area contributed by atoms with E-state index < -0.39 is 5.97 Å². The average molecular weight is 344 g/mol. The van der Waals surface area contributed by atoms with E-state index >= 15 is 0 Å². The number of carboxylic acid groups (broad SMARTS) is 1. The van der Waals surface area contributed by atoms with Crippen molar-refractivity contribution in [2.24, 2.45) is 0 Å². The van der Waals surface area contributed by atoms with Crippen molar-refractivity contribution in [1.29, 1.82) is 0 Å². The van der Waals surface area contributed by atoms with Crippen LogP contribution in [0.4, 0.5) is 0 Å². The van der Waals surface area contributed by atoms with Crippen molar-refractivity contribution in [2.75, 3.05) is 20.8 Å². The van der Waals surface area contributed by atoms with Crippen molar-refractivity contribution in [3.8, 4) is 11.5 Å². The maximum atomic E-state index is 12.1. The predicted octanol–water partition coefficient (Wildman–Crippen LogP) is 2.08. The molecule has 0 aliphatic carbocycles. The van der Waals surface area contributed by atoms with E-state index in [4.69, 9.17) is 14.6 Å². The number of carbonyl (C=O) groups excluding carboxylic acids is 1. The molecule has 132 valence electrons. The summed E-state index contributed by atoms with van der Waals surface area (Å²) < 4.78 is 10.4. The minimum atomic E-state index is -1.06. The molecule has 7 heteroatoms. The minimum Gasteiger partial charge on any atom is -0.493 e. The minimum absolute atomic E-state index is 0.0851. The molecule has 1 aromatic heterocycles. The Kier molecular flexibility index (Phi) is 5.94. The van der Waals surface area contributed by atoms with Crippen LogP contribution in [0.3, 0.4) is 0 Å². The van der Waals surface area contributed by atoms with Gasteiger partial charge < -0.3 is 19.9 Å². The van der Waals surface area contributed by atoms with Crippen molar-refractivity contribution < 1.29 is 24.2 Å². The van der Waals surface area contributed by atoms with E-state index in [2.05, 4.69) is 10.3 Å². The first-order valence-corrected chi connectivity index (χ1v) is 7.66. The average Bonchev–Trinajstić information content (AvgIpc) is 2.60. The molecule has 0 saturated heterocycles. The van der Waals surface area contributed by atoms with Gasteiger partial charge in [-0.1, -0.05) is 6.07 Å². The summed E-state index contributed by atoms with van der Waals surface area (Å²) in [5.74, 6) is -0.132. The third kappa shape index (κ3) is 4.47. The molecule has 25 heavy (non-hydrogen) atoms. The SMILES string of the molecule is COc1ccc(CCNC(=O)c2ccc(C(=O)O)c(C)n2)cc1OC. The third-order valence-electron chi connectivity index (χ3n) is 3.70. The number of benzene rings is 1. The standard InChI is InChI=1S/C18H20N2O5/c1-11-13(18(22)23)5-6-14(20-11)17(21)19-9-8-12-4-7-15(24-2)16(10-12)25-3/h4-7,10H,8-9H2,1-3H3,(H,19,21)(H,22,23). The highest BCUT2D eigenvalue weighted by atomic mass is 16.5. The Balaban J connectivity index is 1.96. The van der Waals surface area contributed by atoms with E-state index in [-0.39, 0.29) is 17.2 Å². The van der Waals surface area contributed by atoms with Crippen LogP contribution in [0.15, 0.2) is 30.3 Å². The molecule has 0 aliphatic rings. The van der Waals surface area contributed by atoms with Crippen LogP contribution in [0.5, 0.6) is 11.5 Å². The molecule has 0 fully saturated rings. The molecule has 1 amide bonds. The van der Waals surface area contributed by atoms with Crippen LogP contribution in [0.2, 0.25) is 0 Å². The summed E-state index contributed by atoms with van der Waals surface area (Å²) in [7, 11) is 3.14. The number of ether oxygens (including phenoxy) is 2. The Morgan fingerprint density at radius 3 is 2.44 bits per heavy atom. The summed E-state index contributed by atoms with van der Waals surface area (Å²) in [5.41, 5.74) is 1.57. The lowest BCUT2D eigenvalue weighted by atomic mass is 10.1. The fourth-order valence-electron chi connectivity index (χ4n) is 2.36. The molecule has 0 saturated carbocycles. The smallest absolute Gasteiger partial charge is 0.337 e. The van der Waals surface area contributed by atoms with Crippen LogP contribution < -0.4 is 14.8 Å². The summed E-state index contributed by atoms with van der Waals surface area (Å²) in [6, 6.07) is 8.36. The van der Waals surface area contributed by atoms with Crippen LogP contribution in [0.1, 0.15) is 32.1 Å². The largest absolute Gasteiger partial charge is 0.493 e. The molecule has 0 atom stereocenters. The number of methoxy groups -OCH3 is 2. The number of aryl methyl sites for hydroxylation is 1. The normalized spacial score (nSPS) is 10.2. The molecule has 0 radical (unpaired) electrons. The quantitative estimate of drug-likeness (QED) is 0.798. The Morgan fingerprint density at radius 2 is 1.84 bits per heavy atom. The highest BCUT2D eigenvalue weighted by molar-refractivity contribution is 5.94. The second-order valence-corrected chi connectivity index (χ2v) is 5.33. The van der Waals surface area contributed by atoms with Gasteiger partial charge in [0, 0.05) is 6.54 Å². The summed E-state index contributed by atoms with van der Waals surface area (Å²) in [5, 5.41) is 11.8. The number of pyridine rings is 1. The first-order valence-electron chi connectivity index (χ1n) is 7.66. The van der Waals surface area contributed by atoms with Crippen molar-refractivity contribution in [1.82, 2.24) is 10.3 Å². The maximum absolute atomic E-state index is 12.1. The maximum Gasteiger partial charge on any atom is 0.337 e. The molecule has 2 N–H and O–H groups in total. The molecule has 1 heterocycles. The molecule has 2 rings (SSSR count). The van der Waals surface area contributed by atoms with Crippen LogP contribution >= 0.6 is 0 Å². The zero-order valence-corrected chi connectivity index (χ0v) is 14.3. The molecule has 0 unspecified atom stereocenters. The van der Waals surface area contributed by atoms with Crippen molar-refractivity contribution in [3.63, 3.8) is 0 Å². The molecular weight excluding hydrogens is 324 g/mol. The number of nitrogens with zero attached hydrogens (tertiary/aromatic N) is 1. The number of aromatic carboxylic acids is 1. The van der Waals surface area contributed by atoms with Gasteiger partial charge in [0.25, 0.3) is 5.91 Å². The Morgan fingerprint density at radius 1 is 1.12 bits per heavy atom. The van der Waals surface area contributed by atoms with Crippen LogP contribution in [-0.4, -0.2) is 42.7 Å². The van der Waals surface area contributed by atoms with Gasteiger partial charge in [0.05, 0.1) is 25.5 Å². The summed E-state index contributed by atoms with van der Waals surface area (Å²) in [4.78, 5) is 27.1. The number of amides is 1. The van der Waals surface area contributed by atoms with E-state index in [9.17, 15) is 9.59 Å². The van der Waals surface area contributed by atoms with E-state index in [0.717, 1.165) is 5.56 Å². The van der Waals surface area contributed by atoms with Crippen molar-refractivity contribution >= 4 is 11.9 Å². The van der Waals surface area contributed by atoms with E-state index in [1.165, 1.54) is 12.1 Å². The van der Waals surface area contributed by atoms with Crippen LogP contribution in [0.25, 0.3) is 0 Å². The fraction of sp³-hybridized carbons (Fsp3) is 0.278. The predicted molar refractivity (Wildman–Crippen MR) is 91.5 cm³/mol.